The number of rotatable bonds is 5. The Balaban J connectivity index is 2.48. The Kier molecular flexibility index (Phi) is 5.03. The number of halogens is 2. The van der Waals surface area contributed by atoms with E-state index in [0.717, 1.165) is 6.07 Å². The molecule has 0 saturated heterocycles. The second kappa shape index (κ2) is 6.30. The minimum absolute atomic E-state index is 0.00112. The predicted octanol–water partition coefficient (Wildman–Crippen LogP) is 1.36. The summed E-state index contributed by atoms with van der Waals surface area (Å²) in [4.78, 5) is 11.4. The topological polar surface area (TPSA) is 55.1 Å². The van der Waals surface area contributed by atoms with E-state index in [4.69, 9.17) is 5.73 Å². The lowest BCUT2D eigenvalue weighted by molar-refractivity contribution is -0.120. The molecule has 0 aromatic heterocycles. The van der Waals surface area contributed by atoms with Gasteiger partial charge in [-0.15, -0.1) is 0 Å². The third-order valence-electron chi connectivity index (χ3n) is 2.30. The Bertz CT molecular complexity index is 394. The fourth-order valence-electron chi connectivity index (χ4n) is 1.36. The molecule has 3 N–H and O–H groups in total. The van der Waals surface area contributed by atoms with E-state index in [-0.39, 0.29) is 23.9 Å². The normalized spacial score (nSPS) is 12.2. The molecule has 94 valence electrons. The van der Waals surface area contributed by atoms with Crippen LogP contribution in [-0.4, -0.2) is 18.5 Å². The number of carbonyl (C=O) groups excluding carboxylic acids is 1. The molecule has 1 atom stereocenters. The van der Waals surface area contributed by atoms with Gasteiger partial charge < -0.3 is 11.1 Å². The molecule has 5 heteroatoms. The zero-order valence-corrected chi connectivity index (χ0v) is 9.67. The molecule has 0 fully saturated rings. The summed E-state index contributed by atoms with van der Waals surface area (Å²) in [5.74, 6) is -2.24. The predicted molar refractivity (Wildman–Crippen MR) is 61.3 cm³/mol. The second-order valence-corrected chi connectivity index (χ2v) is 4.01. The molecule has 1 aromatic carbocycles. The average Bonchev–Trinajstić information content (AvgIpc) is 2.24. The van der Waals surface area contributed by atoms with Crippen LogP contribution in [0.5, 0.6) is 0 Å². The first-order valence-corrected chi connectivity index (χ1v) is 5.46. The maximum atomic E-state index is 13.2. The molecule has 1 aromatic rings. The van der Waals surface area contributed by atoms with Gasteiger partial charge in [-0.2, -0.15) is 0 Å². The summed E-state index contributed by atoms with van der Waals surface area (Å²) in [6.07, 6.45) is 0.486. The zero-order chi connectivity index (χ0) is 12.8. The molecule has 0 heterocycles. The summed E-state index contributed by atoms with van der Waals surface area (Å²) in [7, 11) is 0. The van der Waals surface area contributed by atoms with Crippen LogP contribution in [0.25, 0.3) is 0 Å². The SMILES string of the molecule is CC(N)CCNC(=O)Cc1cccc(F)c1F. The van der Waals surface area contributed by atoms with E-state index in [2.05, 4.69) is 5.32 Å². The Hall–Kier alpha value is -1.49. The van der Waals surface area contributed by atoms with Crippen LogP contribution in [0.3, 0.4) is 0 Å². The standard InChI is InChI=1S/C12H16F2N2O/c1-8(15)5-6-16-11(17)7-9-3-2-4-10(13)12(9)14/h2-4,8H,5-7,15H2,1H3,(H,16,17). The van der Waals surface area contributed by atoms with Crippen molar-refractivity contribution in [3.63, 3.8) is 0 Å². The van der Waals surface area contributed by atoms with Crippen molar-refractivity contribution >= 4 is 5.91 Å². The lowest BCUT2D eigenvalue weighted by Crippen LogP contribution is -2.30. The molecule has 1 amide bonds. The average molecular weight is 242 g/mol. The minimum atomic E-state index is -0.963. The van der Waals surface area contributed by atoms with E-state index < -0.39 is 11.6 Å². The highest BCUT2D eigenvalue weighted by Crippen LogP contribution is 2.11. The van der Waals surface area contributed by atoms with Gasteiger partial charge in [-0.3, -0.25) is 4.79 Å². The molecule has 0 aliphatic carbocycles. The van der Waals surface area contributed by atoms with Crippen LogP contribution in [0.1, 0.15) is 18.9 Å². The van der Waals surface area contributed by atoms with Gasteiger partial charge in [0, 0.05) is 18.2 Å². The molecule has 0 radical (unpaired) electrons. The summed E-state index contributed by atoms with van der Waals surface area (Å²) in [6, 6.07) is 3.79. The first kappa shape index (κ1) is 13.6. The van der Waals surface area contributed by atoms with Gasteiger partial charge in [0.25, 0.3) is 0 Å². The Morgan fingerprint density at radius 3 is 2.82 bits per heavy atom. The van der Waals surface area contributed by atoms with Crippen molar-refractivity contribution in [2.45, 2.75) is 25.8 Å². The van der Waals surface area contributed by atoms with Gasteiger partial charge in [-0.05, 0) is 19.4 Å². The van der Waals surface area contributed by atoms with Crippen molar-refractivity contribution in [3.8, 4) is 0 Å². The van der Waals surface area contributed by atoms with E-state index in [1.54, 1.807) is 0 Å². The molecule has 0 aliphatic heterocycles. The van der Waals surface area contributed by atoms with Gasteiger partial charge in [0.05, 0.1) is 6.42 Å². The van der Waals surface area contributed by atoms with Crippen molar-refractivity contribution in [1.82, 2.24) is 5.32 Å². The van der Waals surface area contributed by atoms with Crippen molar-refractivity contribution in [1.29, 1.82) is 0 Å². The van der Waals surface area contributed by atoms with E-state index in [0.29, 0.717) is 13.0 Å². The molecular formula is C12H16F2N2O. The quantitative estimate of drug-likeness (QED) is 0.819. The Morgan fingerprint density at radius 2 is 2.18 bits per heavy atom. The van der Waals surface area contributed by atoms with Crippen LogP contribution in [0, 0.1) is 11.6 Å². The largest absolute Gasteiger partial charge is 0.356 e. The van der Waals surface area contributed by atoms with Crippen molar-refractivity contribution in [3.05, 3.63) is 35.4 Å². The smallest absolute Gasteiger partial charge is 0.224 e. The minimum Gasteiger partial charge on any atom is -0.356 e. The molecule has 0 bridgehead atoms. The number of nitrogens with two attached hydrogens (primary N) is 1. The molecule has 3 nitrogen and oxygen atoms in total. The van der Waals surface area contributed by atoms with Gasteiger partial charge in [-0.25, -0.2) is 8.78 Å². The second-order valence-electron chi connectivity index (χ2n) is 4.01. The Morgan fingerprint density at radius 1 is 1.47 bits per heavy atom. The van der Waals surface area contributed by atoms with Crippen LogP contribution in [-0.2, 0) is 11.2 Å². The summed E-state index contributed by atoms with van der Waals surface area (Å²) >= 11 is 0. The van der Waals surface area contributed by atoms with E-state index >= 15 is 0 Å². The van der Waals surface area contributed by atoms with Crippen molar-refractivity contribution in [2.75, 3.05) is 6.54 Å². The number of nitrogens with one attached hydrogen (secondary N) is 1. The van der Waals surface area contributed by atoms with Crippen LogP contribution in [0.4, 0.5) is 8.78 Å². The lowest BCUT2D eigenvalue weighted by Gasteiger charge is -2.08. The van der Waals surface area contributed by atoms with Gasteiger partial charge in [0.1, 0.15) is 0 Å². The fraction of sp³-hybridized carbons (Fsp3) is 0.417. The molecule has 0 aliphatic rings. The first-order chi connectivity index (χ1) is 8.00. The van der Waals surface area contributed by atoms with Crippen LogP contribution in [0.15, 0.2) is 18.2 Å². The number of hydrogen-bond donors (Lipinski definition) is 2. The van der Waals surface area contributed by atoms with E-state index in [9.17, 15) is 13.6 Å². The molecular weight excluding hydrogens is 226 g/mol. The molecule has 1 rings (SSSR count). The third-order valence-corrected chi connectivity index (χ3v) is 2.30. The number of hydrogen-bond acceptors (Lipinski definition) is 2. The highest BCUT2D eigenvalue weighted by molar-refractivity contribution is 5.78. The van der Waals surface area contributed by atoms with Crippen LogP contribution < -0.4 is 11.1 Å². The number of benzene rings is 1. The van der Waals surface area contributed by atoms with Gasteiger partial charge in [0.2, 0.25) is 5.91 Å². The molecule has 17 heavy (non-hydrogen) atoms. The summed E-state index contributed by atoms with van der Waals surface area (Å²) < 4.78 is 26.1. The summed E-state index contributed by atoms with van der Waals surface area (Å²) in [5.41, 5.74) is 5.57. The third kappa shape index (κ3) is 4.48. The van der Waals surface area contributed by atoms with E-state index in [1.165, 1.54) is 12.1 Å². The monoisotopic (exact) mass is 242 g/mol. The van der Waals surface area contributed by atoms with Crippen LogP contribution in [0.2, 0.25) is 0 Å². The summed E-state index contributed by atoms with van der Waals surface area (Å²) in [6.45, 7) is 2.27. The fourth-order valence-corrected chi connectivity index (χ4v) is 1.36. The van der Waals surface area contributed by atoms with Gasteiger partial charge in [0.15, 0.2) is 11.6 Å². The molecule has 0 saturated carbocycles. The van der Waals surface area contributed by atoms with E-state index in [1.807, 2.05) is 6.92 Å². The first-order valence-electron chi connectivity index (χ1n) is 5.46. The van der Waals surface area contributed by atoms with Crippen molar-refractivity contribution < 1.29 is 13.6 Å². The van der Waals surface area contributed by atoms with Gasteiger partial charge in [-0.1, -0.05) is 12.1 Å². The maximum Gasteiger partial charge on any atom is 0.224 e. The van der Waals surface area contributed by atoms with Crippen LogP contribution >= 0.6 is 0 Å². The Labute approximate surface area is 99.0 Å². The number of carbonyl (C=O) groups is 1. The molecule has 1 unspecified atom stereocenters. The van der Waals surface area contributed by atoms with Crippen molar-refractivity contribution in [2.24, 2.45) is 5.73 Å². The number of amides is 1. The maximum absolute atomic E-state index is 13.2. The highest BCUT2D eigenvalue weighted by atomic mass is 19.2. The summed E-state index contributed by atoms with van der Waals surface area (Å²) in [5, 5.41) is 2.60. The lowest BCUT2D eigenvalue weighted by atomic mass is 10.1. The molecule has 0 spiro atoms. The van der Waals surface area contributed by atoms with Gasteiger partial charge >= 0.3 is 0 Å². The zero-order valence-electron chi connectivity index (χ0n) is 9.67. The highest BCUT2D eigenvalue weighted by Gasteiger charge is 2.11.